The molecule has 172 valence electrons. The monoisotopic (exact) mass is 437 g/mol. The fourth-order valence-corrected chi connectivity index (χ4v) is 2.60. The molecule has 0 aliphatic rings. The average molecular weight is 438 g/mol. The fraction of sp³-hybridized carbons (Fsp3) is 0.360. The van der Waals surface area contributed by atoms with Crippen LogP contribution in [0.25, 0.3) is 0 Å². The number of ether oxygens (including phenoxy) is 1. The van der Waals surface area contributed by atoms with E-state index in [0.717, 1.165) is 18.8 Å². The van der Waals surface area contributed by atoms with E-state index in [2.05, 4.69) is 20.1 Å². The van der Waals surface area contributed by atoms with Gasteiger partial charge in [0.15, 0.2) is 0 Å². The third-order valence-corrected chi connectivity index (χ3v) is 4.74. The van der Waals surface area contributed by atoms with Crippen molar-refractivity contribution in [2.24, 2.45) is 16.1 Å². The van der Waals surface area contributed by atoms with E-state index in [0.29, 0.717) is 23.0 Å². The van der Waals surface area contributed by atoms with Crippen LogP contribution >= 0.6 is 0 Å². The number of likely N-dealkylation sites (N-methyl/N-ethyl adjacent to an activating group) is 2. The average Bonchev–Trinajstić information content (AvgIpc) is 2.72. The molecule has 0 bridgehead atoms. The van der Waals surface area contributed by atoms with Crippen LogP contribution in [0, 0.1) is 5.41 Å². The lowest BCUT2D eigenvalue weighted by molar-refractivity contribution is 0.206. The lowest BCUT2D eigenvalue weighted by Crippen LogP contribution is -2.33. The zero-order valence-corrected chi connectivity index (χ0v) is 19.9. The van der Waals surface area contributed by atoms with Crippen molar-refractivity contribution in [1.29, 1.82) is 0 Å². The maximum atomic E-state index is 12.5. The molecular formula is C25H35N5O2. The van der Waals surface area contributed by atoms with Crippen LogP contribution in [0.15, 0.2) is 71.4 Å². The van der Waals surface area contributed by atoms with Gasteiger partial charge >= 0.3 is 6.09 Å². The smallest absolute Gasteiger partial charge is 0.410 e. The molecule has 0 aromatic heterocycles. The summed E-state index contributed by atoms with van der Waals surface area (Å²) in [7, 11) is 6.14. The zero-order chi connectivity index (χ0) is 23.7. The molecule has 2 rings (SSSR count). The molecule has 0 fully saturated rings. The largest absolute Gasteiger partial charge is 0.418 e. The summed E-state index contributed by atoms with van der Waals surface area (Å²) in [5, 5.41) is 2.72. The van der Waals surface area contributed by atoms with E-state index in [4.69, 9.17) is 10.5 Å². The molecule has 3 N–H and O–H groups in total. The van der Waals surface area contributed by atoms with Gasteiger partial charge in [-0.15, -0.1) is 0 Å². The van der Waals surface area contributed by atoms with Gasteiger partial charge in [-0.25, -0.2) is 9.79 Å². The molecule has 0 radical (unpaired) electrons. The number of amidine groups is 1. The van der Waals surface area contributed by atoms with Crippen LogP contribution in [0.3, 0.4) is 0 Å². The van der Waals surface area contributed by atoms with Gasteiger partial charge in [0, 0.05) is 43.0 Å². The van der Waals surface area contributed by atoms with Crippen molar-refractivity contribution < 1.29 is 9.53 Å². The maximum Gasteiger partial charge on any atom is 0.418 e. The summed E-state index contributed by atoms with van der Waals surface area (Å²) in [6.07, 6.45) is 1.04. The Labute approximate surface area is 191 Å². The molecule has 0 saturated carbocycles. The highest BCUT2D eigenvalue weighted by molar-refractivity contribution is 6.04. The molecule has 0 spiro atoms. The van der Waals surface area contributed by atoms with Crippen LogP contribution in [0.1, 0.15) is 20.8 Å². The van der Waals surface area contributed by atoms with Crippen molar-refractivity contribution in [2.75, 3.05) is 39.1 Å². The molecule has 0 unspecified atom stereocenters. The summed E-state index contributed by atoms with van der Waals surface area (Å²) >= 11 is 0. The SMILES string of the molecule is CN(C)CCN(C)c1cccc(N=C(C=C(N)C(C)(C)C)NC(=O)Oc2ccccc2)c1. The van der Waals surface area contributed by atoms with Crippen LogP contribution in [0.5, 0.6) is 5.75 Å². The molecule has 7 nitrogen and oxygen atoms in total. The molecule has 1 amide bonds. The number of nitrogens with one attached hydrogen (secondary N) is 1. The van der Waals surface area contributed by atoms with Crippen molar-refractivity contribution in [3.8, 4) is 5.75 Å². The number of nitrogens with zero attached hydrogens (tertiary/aromatic N) is 3. The van der Waals surface area contributed by atoms with Gasteiger partial charge in [0.25, 0.3) is 0 Å². The van der Waals surface area contributed by atoms with Crippen molar-refractivity contribution in [1.82, 2.24) is 10.2 Å². The highest BCUT2D eigenvalue weighted by Gasteiger charge is 2.16. The molecule has 2 aromatic rings. The van der Waals surface area contributed by atoms with E-state index in [1.54, 1.807) is 30.3 Å². The van der Waals surface area contributed by atoms with E-state index >= 15 is 0 Å². The zero-order valence-electron chi connectivity index (χ0n) is 19.9. The Balaban J connectivity index is 2.28. The summed E-state index contributed by atoms with van der Waals surface area (Å²) in [6, 6.07) is 16.7. The lowest BCUT2D eigenvalue weighted by Gasteiger charge is -2.22. The summed E-state index contributed by atoms with van der Waals surface area (Å²) in [5.74, 6) is 0.757. The van der Waals surface area contributed by atoms with E-state index in [1.807, 2.05) is 72.2 Å². The number of hydrogen-bond acceptors (Lipinski definition) is 6. The van der Waals surface area contributed by atoms with Crippen molar-refractivity contribution in [3.05, 3.63) is 66.4 Å². The number of carbonyl (C=O) groups is 1. The minimum absolute atomic E-state index is 0.278. The molecule has 0 saturated heterocycles. The predicted molar refractivity (Wildman–Crippen MR) is 133 cm³/mol. The van der Waals surface area contributed by atoms with E-state index in [1.165, 1.54) is 0 Å². The van der Waals surface area contributed by atoms with Gasteiger partial charge in [-0.3, -0.25) is 5.32 Å². The van der Waals surface area contributed by atoms with Gasteiger partial charge in [-0.2, -0.15) is 0 Å². The first-order valence-corrected chi connectivity index (χ1v) is 10.6. The Morgan fingerprint density at radius 1 is 1.06 bits per heavy atom. The summed E-state index contributed by atoms with van der Waals surface area (Å²) in [4.78, 5) is 21.4. The van der Waals surface area contributed by atoms with Gasteiger partial charge in [-0.05, 0) is 44.4 Å². The number of aliphatic imine (C=N–C) groups is 1. The number of allylic oxidation sites excluding steroid dienone is 1. The second-order valence-electron chi connectivity index (χ2n) is 8.92. The minimum atomic E-state index is -0.632. The van der Waals surface area contributed by atoms with Gasteiger partial charge in [0.2, 0.25) is 0 Å². The predicted octanol–water partition coefficient (Wildman–Crippen LogP) is 4.39. The highest BCUT2D eigenvalue weighted by atomic mass is 16.6. The number of carbonyl (C=O) groups excluding carboxylic acids is 1. The normalized spacial score (nSPS) is 12.6. The molecule has 0 heterocycles. The molecule has 0 aliphatic heterocycles. The van der Waals surface area contributed by atoms with E-state index < -0.39 is 6.09 Å². The molecule has 0 atom stereocenters. The lowest BCUT2D eigenvalue weighted by atomic mass is 9.92. The third kappa shape index (κ3) is 8.43. The summed E-state index contributed by atoms with van der Waals surface area (Å²) in [5.41, 5.74) is 8.31. The quantitative estimate of drug-likeness (QED) is 0.496. The minimum Gasteiger partial charge on any atom is -0.410 e. The first-order chi connectivity index (χ1) is 15.0. The van der Waals surface area contributed by atoms with Crippen LogP contribution < -0.4 is 20.7 Å². The number of rotatable bonds is 7. The number of anilines is 1. The number of hydrogen-bond donors (Lipinski definition) is 2. The van der Waals surface area contributed by atoms with Gasteiger partial charge in [0.1, 0.15) is 11.6 Å². The van der Waals surface area contributed by atoms with Crippen LogP contribution in [0.4, 0.5) is 16.2 Å². The fourth-order valence-electron chi connectivity index (χ4n) is 2.60. The molecule has 7 heteroatoms. The first-order valence-electron chi connectivity index (χ1n) is 10.6. The van der Waals surface area contributed by atoms with Gasteiger partial charge in [-0.1, -0.05) is 45.0 Å². The second-order valence-corrected chi connectivity index (χ2v) is 8.92. The molecule has 32 heavy (non-hydrogen) atoms. The Morgan fingerprint density at radius 2 is 1.75 bits per heavy atom. The van der Waals surface area contributed by atoms with E-state index in [9.17, 15) is 4.79 Å². The Morgan fingerprint density at radius 3 is 2.38 bits per heavy atom. The number of benzene rings is 2. The molecular weight excluding hydrogens is 402 g/mol. The Bertz CT molecular complexity index is 946. The maximum absolute atomic E-state index is 12.5. The number of para-hydroxylation sites is 1. The van der Waals surface area contributed by atoms with Crippen LogP contribution in [-0.4, -0.2) is 51.1 Å². The third-order valence-electron chi connectivity index (χ3n) is 4.74. The molecule has 0 aliphatic carbocycles. The summed E-state index contributed by atoms with van der Waals surface area (Å²) in [6.45, 7) is 7.82. The highest BCUT2D eigenvalue weighted by Crippen LogP contribution is 2.23. The van der Waals surface area contributed by atoms with Crippen LogP contribution in [-0.2, 0) is 0 Å². The number of amides is 1. The van der Waals surface area contributed by atoms with Crippen molar-refractivity contribution in [3.63, 3.8) is 0 Å². The van der Waals surface area contributed by atoms with E-state index in [-0.39, 0.29) is 5.41 Å². The number of nitrogens with two attached hydrogens (primary N) is 1. The van der Waals surface area contributed by atoms with Gasteiger partial charge < -0.3 is 20.3 Å². The first kappa shape index (κ1) is 24.9. The van der Waals surface area contributed by atoms with Crippen molar-refractivity contribution >= 4 is 23.3 Å². The molecule has 2 aromatic carbocycles. The topological polar surface area (TPSA) is 83.2 Å². The standard InChI is InChI=1S/C25H35N5O2/c1-25(2,3)22(26)18-23(28-24(31)32-21-13-8-7-9-14-21)27-19-11-10-12-20(17-19)30(6)16-15-29(4)5/h7-14,17-18H,15-16,26H2,1-6H3,(H,27,28,31). The van der Waals surface area contributed by atoms with Crippen molar-refractivity contribution in [2.45, 2.75) is 20.8 Å². The summed E-state index contributed by atoms with van der Waals surface area (Å²) < 4.78 is 5.35. The second kappa shape index (κ2) is 11.3. The van der Waals surface area contributed by atoms with Gasteiger partial charge in [0.05, 0.1) is 5.69 Å². The Hall–Kier alpha value is -3.32. The van der Waals surface area contributed by atoms with Crippen LogP contribution in [0.2, 0.25) is 0 Å². The Kier molecular flexibility index (Phi) is 8.84.